The molecular weight excluding hydrogens is 319 g/mol. The van der Waals surface area contributed by atoms with E-state index in [-0.39, 0.29) is 11.5 Å². The summed E-state index contributed by atoms with van der Waals surface area (Å²) in [6, 6.07) is 10.7. The van der Waals surface area contributed by atoms with Gasteiger partial charge in [-0.25, -0.2) is 12.8 Å². The van der Waals surface area contributed by atoms with Gasteiger partial charge in [-0.1, -0.05) is 18.2 Å². The van der Waals surface area contributed by atoms with Crippen molar-refractivity contribution in [2.24, 2.45) is 0 Å². The number of halogens is 1. The summed E-state index contributed by atoms with van der Waals surface area (Å²) in [6.07, 6.45) is 0.933. The first-order chi connectivity index (χ1) is 10.9. The van der Waals surface area contributed by atoms with Gasteiger partial charge in [0.2, 0.25) is 15.9 Å². The molecule has 7 heteroatoms. The second-order valence-corrected chi connectivity index (χ2v) is 7.09. The minimum Gasteiger partial charge on any atom is -0.326 e. The molecule has 2 N–H and O–H groups in total. The molecule has 3 rings (SSSR count). The molecule has 1 aliphatic rings. The first-order valence-electron chi connectivity index (χ1n) is 7.10. The van der Waals surface area contributed by atoms with Gasteiger partial charge in [0.05, 0.1) is 5.75 Å². The third-order valence-electron chi connectivity index (χ3n) is 3.58. The number of carbonyl (C=O) groups is 1. The van der Waals surface area contributed by atoms with Gasteiger partial charge in [-0.15, -0.1) is 0 Å². The number of benzene rings is 2. The topological polar surface area (TPSA) is 75.3 Å². The molecule has 0 spiro atoms. The lowest BCUT2D eigenvalue weighted by molar-refractivity contribution is -0.116. The van der Waals surface area contributed by atoms with Crippen LogP contribution in [0.2, 0.25) is 0 Å². The molecule has 0 bridgehead atoms. The molecule has 0 atom stereocenters. The molecule has 0 radical (unpaired) electrons. The standard InChI is InChI=1S/C16H15FN2O3S/c17-14-4-2-1-3-12(14)10-23(21,22)19-13-6-7-15-11(9-13)5-8-16(20)18-15/h1-4,6-7,9,19H,5,8,10H2,(H,18,20). The zero-order valence-corrected chi connectivity index (χ0v) is 13.0. The summed E-state index contributed by atoms with van der Waals surface area (Å²) in [7, 11) is -3.72. The molecule has 5 nitrogen and oxygen atoms in total. The van der Waals surface area contributed by atoms with Gasteiger partial charge >= 0.3 is 0 Å². The summed E-state index contributed by atoms with van der Waals surface area (Å²) in [5.41, 5.74) is 2.08. The van der Waals surface area contributed by atoms with Crippen molar-refractivity contribution in [1.29, 1.82) is 0 Å². The monoisotopic (exact) mass is 334 g/mol. The molecule has 0 aromatic heterocycles. The number of hydrogen-bond acceptors (Lipinski definition) is 3. The van der Waals surface area contributed by atoms with Gasteiger partial charge in [0.15, 0.2) is 0 Å². The molecule has 2 aromatic carbocycles. The fourth-order valence-corrected chi connectivity index (χ4v) is 3.68. The Hall–Kier alpha value is -2.41. The van der Waals surface area contributed by atoms with Gasteiger partial charge in [-0.3, -0.25) is 9.52 Å². The van der Waals surface area contributed by atoms with Crippen LogP contribution in [0.5, 0.6) is 0 Å². The van der Waals surface area contributed by atoms with Crippen LogP contribution in [-0.2, 0) is 27.0 Å². The number of nitrogens with one attached hydrogen (secondary N) is 2. The fourth-order valence-electron chi connectivity index (χ4n) is 2.48. The van der Waals surface area contributed by atoms with Crippen molar-refractivity contribution in [2.75, 3.05) is 10.0 Å². The van der Waals surface area contributed by atoms with Crippen molar-refractivity contribution in [3.8, 4) is 0 Å². The second-order valence-electron chi connectivity index (χ2n) is 5.37. The van der Waals surface area contributed by atoms with Crippen molar-refractivity contribution >= 4 is 27.3 Å². The largest absolute Gasteiger partial charge is 0.326 e. The normalized spacial score (nSPS) is 14.0. The first-order valence-corrected chi connectivity index (χ1v) is 8.75. The maximum atomic E-state index is 13.6. The van der Waals surface area contributed by atoms with Crippen molar-refractivity contribution < 1.29 is 17.6 Å². The Morgan fingerprint density at radius 1 is 1.13 bits per heavy atom. The number of hydrogen-bond donors (Lipinski definition) is 2. The molecule has 0 aliphatic carbocycles. The number of carbonyl (C=O) groups excluding carboxylic acids is 1. The Morgan fingerprint density at radius 2 is 1.91 bits per heavy atom. The smallest absolute Gasteiger partial charge is 0.237 e. The third-order valence-corrected chi connectivity index (χ3v) is 4.82. The molecule has 120 valence electrons. The number of sulfonamides is 1. The fraction of sp³-hybridized carbons (Fsp3) is 0.188. The number of rotatable bonds is 4. The summed E-state index contributed by atoms with van der Waals surface area (Å²) in [6.45, 7) is 0. The summed E-state index contributed by atoms with van der Waals surface area (Å²) in [5.74, 6) is -1.04. The summed E-state index contributed by atoms with van der Waals surface area (Å²) >= 11 is 0. The molecule has 0 saturated carbocycles. The van der Waals surface area contributed by atoms with E-state index in [1.165, 1.54) is 18.2 Å². The van der Waals surface area contributed by atoms with Crippen LogP contribution < -0.4 is 10.0 Å². The molecule has 1 aliphatic heterocycles. The first kappa shape index (κ1) is 15.5. The van der Waals surface area contributed by atoms with Crippen molar-refractivity contribution in [2.45, 2.75) is 18.6 Å². The Morgan fingerprint density at radius 3 is 2.70 bits per heavy atom. The van der Waals surface area contributed by atoms with Crippen LogP contribution in [0.15, 0.2) is 42.5 Å². The number of fused-ring (bicyclic) bond motifs is 1. The second kappa shape index (κ2) is 6.00. The van der Waals surface area contributed by atoms with Crippen LogP contribution in [0.1, 0.15) is 17.5 Å². The highest BCUT2D eigenvalue weighted by Gasteiger charge is 2.18. The molecular formula is C16H15FN2O3S. The van der Waals surface area contributed by atoms with Crippen LogP contribution in [0.25, 0.3) is 0 Å². The Kier molecular flexibility index (Phi) is 4.04. The van der Waals surface area contributed by atoms with Gasteiger partial charge in [0.25, 0.3) is 0 Å². The maximum absolute atomic E-state index is 13.6. The SMILES string of the molecule is O=C1CCc2cc(NS(=O)(=O)Cc3ccccc3F)ccc2N1. The van der Waals surface area contributed by atoms with E-state index < -0.39 is 21.6 Å². The van der Waals surface area contributed by atoms with Gasteiger partial charge in [-0.2, -0.15) is 0 Å². The minimum absolute atomic E-state index is 0.0506. The maximum Gasteiger partial charge on any atom is 0.237 e. The highest BCUT2D eigenvalue weighted by atomic mass is 32.2. The van der Waals surface area contributed by atoms with E-state index in [2.05, 4.69) is 10.0 Å². The Bertz CT molecular complexity index is 865. The average molecular weight is 334 g/mol. The highest BCUT2D eigenvalue weighted by Crippen LogP contribution is 2.26. The molecule has 1 heterocycles. The predicted molar refractivity (Wildman–Crippen MR) is 86.0 cm³/mol. The van der Waals surface area contributed by atoms with Crippen LogP contribution in [-0.4, -0.2) is 14.3 Å². The van der Waals surface area contributed by atoms with Crippen molar-refractivity contribution in [3.63, 3.8) is 0 Å². The lowest BCUT2D eigenvalue weighted by atomic mass is 10.0. The molecule has 0 fully saturated rings. The Balaban J connectivity index is 1.78. The number of aryl methyl sites for hydroxylation is 1. The van der Waals surface area contributed by atoms with E-state index in [1.807, 2.05) is 0 Å². The highest BCUT2D eigenvalue weighted by molar-refractivity contribution is 7.91. The predicted octanol–water partition coefficient (Wildman–Crippen LogP) is 2.65. The van der Waals surface area contributed by atoms with E-state index in [0.717, 1.165) is 5.56 Å². The van der Waals surface area contributed by atoms with Gasteiger partial charge in [0.1, 0.15) is 5.82 Å². The lowest BCUT2D eigenvalue weighted by Gasteiger charge is -2.18. The average Bonchev–Trinajstić information content (AvgIpc) is 2.49. The molecule has 0 saturated heterocycles. The van der Waals surface area contributed by atoms with Gasteiger partial charge in [-0.05, 0) is 36.2 Å². The molecule has 1 amide bonds. The van der Waals surface area contributed by atoms with E-state index in [1.54, 1.807) is 24.3 Å². The van der Waals surface area contributed by atoms with Crippen LogP contribution in [0.4, 0.5) is 15.8 Å². The number of anilines is 2. The minimum atomic E-state index is -3.72. The van der Waals surface area contributed by atoms with E-state index in [9.17, 15) is 17.6 Å². The number of amides is 1. The van der Waals surface area contributed by atoms with Crippen molar-refractivity contribution in [1.82, 2.24) is 0 Å². The van der Waals surface area contributed by atoms with Crippen LogP contribution in [0.3, 0.4) is 0 Å². The van der Waals surface area contributed by atoms with Gasteiger partial charge in [0, 0.05) is 23.4 Å². The zero-order chi connectivity index (χ0) is 16.4. The zero-order valence-electron chi connectivity index (χ0n) is 12.2. The van der Waals surface area contributed by atoms with Gasteiger partial charge < -0.3 is 5.32 Å². The van der Waals surface area contributed by atoms with E-state index in [0.29, 0.717) is 24.2 Å². The summed E-state index contributed by atoms with van der Waals surface area (Å²) in [5, 5.41) is 2.73. The lowest BCUT2D eigenvalue weighted by Crippen LogP contribution is -2.20. The summed E-state index contributed by atoms with van der Waals surface area (Å²) < 4.78 is 40.4. The molecule has 0 unspecified atom stereocenters. The van der Waals surface area contributed by atoms with E-state index >= 15 is 0 Å². The quantitative estimate of drug-likeness (QED) is 0.902. The Labute approximate surface area is 133 Å². The molecule has 23 heavy (non-hydrogen) atoms. The molecule has 2 aromatic rings. The third kappa shape index (κ3) is 3.68. The van der Waals surface area contributed by atoms with Crippen molar-refractivity contribution in [3.05, 3.63) is 59.4 Å². The van der Waals surface area contributed by atoms with E-state index in [4.69, 9.17) is 0 Å². The van der Waals surface area contributed by atoms with Crippen LogP contribution >= 0.6 is 0 Å². The summed E-state index contributed by atoms with van der Waals surface area (Å²) in [4.78, 5) is 11.3. The van der Waals surface area contributed by atoms with Crippen LogP contribution in [0, 0.1) is 5.82 Å².